The monoisotopic (exact) mass is 282 g/mol. The number of rotatable bonds is 3. The molecule has 0 spiro atoms. The van der Waals surface area contributed by atoms with Gasteiger partial charge in [0.25, 0.3) is 0 Å². The molecule has 2 aromatic carbocycles. The fourth-order valence-electron chi connectivity index (χ4n) is 1.53. The lowest BCUT2D eigenvalue weighted by Gasteiger charge is -2.10. The van der Waals surface area contributed by atoms with Gasteiger partial charge in [-0.15, -0.1) is 0 Å². The first-order chi connectivity index (χ1) is 9.01. The Balaban J connectivity index is 2.33. The first kappa shape index (κ1) is 13.5. The molecule has 0 saturated heterocycles. The van der Waals surface area contributed by atoms with Crippen molar-refractivity contribution in [2.24, 2.45) is 0 Å². The van der Waals surface area contributed by atoms with Gasteiger partial charge in [-0.05, 0) is 30.7 Å². The van der Waals surface area contributed by atoms with E-state index in [1.54, 1.807) is 6.92 Å². The highest BCUT2D eigenvalue weighted by Gasteiger charge is 2.09. The number of carbonyl (C=O) groups is 1. The Kier molecular flexibility index (Phi) is 3.81. The van der Waals surface area contributed by atoms with Gasteiger partial charge in [-0.25, -0.2) is 8.78 Å². The third-order valence-electron chi connectivity index (χ3n) is 2.54. The average Bonchev–Trinajstić information content (AvgIpc) is 2.36. The molecule has 0 heterocycles. The molecule has 0 fully saturated rings. The van der Waals surface area contributed by atoms with Crippen LogP contribution in [0, 0.1) is 18.6 Å². The zero-order valence-corrected chi connectivity index (χ0v) is 10.7. The van der Waals surface area contributed by atoms with Crippen LogP contribution in [-0.2, 0) is 0 Å². The van der Waals surface area contributed by atoms with Gasteiger partial charge in [-0.3, -0.25) is 4.79 Å². The van der Waals surface area contributed by atoms with Crippen LogP contribution in [0.4, 0.5) is 8.78 Å². The maximum atomic E-state index is 13.1. The molecule has 2 nitrogen and oxygen atoms in total. The SMILES string of the molecule is Cc1cc(F)c(F)cc1Oc1ccc(C=O)c(Cl)c1. The number of carbonyl (C=O) groups excluding carboxylic acids is 1. The predicted molar refractivity (Wildman–Crippen MR) is 68.0 cm³/mol. The van der Waals surface area contributed by atoms with Gasteiger partial charge in [0.15, 0.2) is 17.9 Å². The lowest BCUT2D eigenvalue weighted by Crippen LogP contribution is -1.93. The lowest BCUT2D eigenvalue weighted by atomic mass is 10.2. The Morgan fingerprint density at radius 1 is 1.16 bits per heavy atom. The lowest BCUT2D eigenvalue weighted by molar-refractivity contribution is 0.112. The van der Waals surface area contributed by atoms with Gasteiger partial charge in [-0.2, -0.15) is 0 Å². The van der Waals surface area contributed by atoms with Crippen molar-refractivity contribution < 1.29 is 18.3 Å². The van der Waals surface area contributed by atoms with Crippen LogP contribution in [0.5, 0.6) is 11.5 Å². The van der Waals surface area contributed by atoms with Crippen LogP contribution in [0.2, 0.25) is 5.02 Å². The summed E-state index contributed by atoms with van der Waals surface area (Å²) >= 11 is 5.85. The molecule has 0 atom stereocenters. The molecule has 5 heteroatoms. The molecule has 0 unspecified atom stereocenters. The molecule has 19 heavy (non-hydrogen) atoms. The minimum Gasteiger partial charge on any atom is -0.457 e. The molecule has 2 aromatic rings. The Morgan fingerprint density at radius 2 is 1.84 bits per heavy atom. The molecular formula is C14H9ClF2O2. The molecule has 0 aromatic heterocycles. The summed E-state index contributed by atoms with van der Waals surface area (Å²) in [5.74, 6) is -1.39. The number of aryl methyl sites for hydroxylation is 1. The summed E-state index contributed by atoms with van der Waals surface area (Å²) in [6.07, 6.45) is 0.620. The van der Waals surface area contributed by atoms with Crippen molar-refractivity contribution in [3.8, 4) is 11.5 Å². The predicted octanol–water partition coefficient (Wildman–Crippen LogP) is 4.53. The van der Waals surface area contributed by atoms with Crippen molar-refractivity contribution in [2.75, 3.05) is 0 Å². The Hall–Kier alpha value is -1.94. The second-order valence-electron chi connectivity index (χ2n) is 3.94. The van der Waals surface area contributed by atoms with E-state index in [9.17, 15) is 13.6 Å². The van der Waals surface area contributed by atoms with E-state index in [-0.39, 0.29) is 10.8 Å². The van der Waals surface area contributed by atoms with Crippen LogP contribution in [0.1, 0.15) is 15.9 Å². The van der Waals surface area contributed by atoms with Crippen LogP contribution in [0.3, 0.4) is 0 Å². The summed E-state index contributed by atoms with van der Waals surface area (Å²) in [4.78, 5) is 10.6. The van der Waals surface area contributed by atoms with E-state index in [4.69, 9.17) is 16.3 Å². The highest BCUT2D eigenvalue weighted by atomic mass is 35.5. The van der Waals surface area contributed by atoms with E-state index in [2.05, 4.69) is 0 Å². The maximum Gasteiger partial charge on any atom is 0.162 e. The van der Waals surface area contributed by atoms with E-state index in [1.807, 2.05) is 0 Å². The Bertz CT molecular complexity index is 642. The first-order valence-electron chi connectivity index (χ1n) is 5.39. The number of hydrogen-bond donors (Lipinski definition) is 0. The van der Waals surface area contributed by atoms with Crippen LogP contribution >= 0.6 is 11.6 Å². The fraction of sp³-hybridized carbons (Fsp3) is 0.0714. The first-order valence-corrected chi connectivity index (χ1v) is 5.77. The van der Waals surface area contributed by atoms with E-state index in [0.717, 1.165) is 12.1 Å². The number of hydrogen-bond acceptors (Lipinski definition) is 2. The molecule has 0 aliphatic heterocycles. The molecule has 0 radical (unpaired) electrons. The van der Waals surface area contributed by atoms with Gasteiger partial charge >= 0.3 is 0 Å². The van der Waals surface area contributed by atoms with Gasteiger partial charge in [0.05, 0.1) is 5.02 Å². The van der Waals surface area contributed by atoms with Crippen molar-refractivity contribution >= 4 is 17.9 Å². The van der Waals surface area contributed by atoms with Gasteiger partial charge in [0.2, 0.25) is 0 Å². The number of benzene rings is 2. The van der Waals surface area contributed by atoms with Crippen molar-refractivity contribution in [3.63, 3.8) is 0 Å². The van der Waals surface area contributed by atoms with Crippen molar-refractivity contribution in [3.05, 3.63) is 58.1 Å². The minimum atomic E-state index is -0.990. The third kappa shape index (κ3) is 2.90. The summed E-state index contributed by atoms with van der Waals surface area (Å²) in [5.41, 5.74) is 0.783. The highest BCUT2D eigenvalue weighted by Crippen LogP contribution is 2.29. The second kappa shape index (κ2) is 5.36. The van der Waals surface area contributed by atoms with Crippen LogP contribution < -0.4 is 4.74 Å². The van der Waals surface area contributed by atoms with Gasteiger partial charge < -0.3 is 4.74 Å². The molecule has 0 N–H and O–H groups in total. The normalized spacial score (nSPS) is 10.3. The summed E-state index contributed by atoms with van der Waals surface area (Å²) in [6, 6.07) is 6.46. The van der Waals surface area contributed by atoms with Crippen molar-refractivity contribution in [1.82, 2.24) is 0 Å². The molecule has 0 aliphatic rings. The maximum absolute atomic E-state index is 13.1. The quantitative estimate of drug-likeness (QED) is 0.773. The standard InChI is InChI=1S/C14H9ClF2O2/c1-8-4-12(16)13(17)6-14(8)19-10-3-2-9(7-18)11(15)5-10/h2-7H,1H3. The number of halogens is 3. The Morgan fingerprint density at radius 3 is 2.47 bits per heavy atom. The van der Waals surface area contributed by atoms with Gasteiger partial charge in [0.1, 0.15) is 11.5 Å². The van der Waals surface area contributed by atoms with E-state index in [1.165, 1.54) is 18.2 Å². The van der Waals surface area contributed by atoms with Crippen LogP contribution in [0.25, 0.3) is 0 Å². The van der Waals surface area contributed by atoms with E-state index in [0.29, 0.717) is 23.2 Å². The molecule has 0 saturated carbocycles. The third-order valence-corrected chi connectivity index (χ3v) is 2.87. The van der Waals surface area contributed by atoms with E-state index < -0.39 is 11.6 Å². The molecule has 0 bridgehead atoms. The second-order valence-corrected chi connectivity index (χ2v) is 4.34. The molecular weight excluding hydrogens is 274 g/mol. The fourth-order valence-corrected chi connectivity index (χ4v) is 1.75. The van der Waals surface area contributed by atoms with Crippen LogP contribution in [-0.4, -0.2) is 6.29 Å². The average molecular weight is 283 g/mol. The molecule has 2 rings (SSSR count). The minimum absolute atomic E-state index is 0.189. The van der Waals surface area contributed by atoms with Gasteiger partial charge in [0, 0.05) is 17.7 Å². The smallest absolute Gasteiger partial charge is 0.162 e. The van der Waals surface area contributed by atoms with Gasteiger partial charge in [-0.1, -0.05) is 11.6 Å². The largest absolute Gasteiger partial charge is 0.457 e. The summed E-state index contributed by atoms with van der Waals surface area (Å²) < 4.78 is 31.5. The van der Waals surface area contributed by atoms with Crippen LogP contribution in [0.15, 0.2) is 30.3 Å². The van der Waals surface area contributed by atoms with Crippen molar-refractivity contribution in [2.45, 2.75) is 6.92 Å². The Labute approximate surface area is 113 Å². The summed E-state index contributed by atoms with van der Waals surface area (Å²) in [6.45, 7) is 1.60. The molecule has 0 aliphatic carbocycles. The number of ether oxygens (including phenoxy) is 1. The van der Waals surface area contributed by atoms with Crippen molar-refractivity contribution in [1.29, 1.82) is 0 Å². The topological polar surface area (TPSA) is 26.3 Å². The molecule has 98 valence electrons. The molecule has 0 amide bonds. The zero-order chi connectivity index (χ0) is 14.0. The summed E-state index contributed by atoms with van der Waals surface area (Å²) in [5, 5.41) is 0.229. The summed E-state index contributed by atoms with van der Waals surface area (Å²) in [7, 11) is 0. The highest BCUT2D eigenvalue weighted by molar-refractivity contribution is 6.33. The van der Waals surface area contributed by atoms with E-state index >= 15 is 0 Å². The number of aldehydes is 1. The zero-order valence-electron chi connectivity index (χ0n) is 9.91.